The molecule has 0 aliphatic rings. The van der Waals surface area contributed by atoms with Gasteiger partial charge in [-0.1, -0.05) is 43.7 Å². The van der Waals surface area contributed by atoms with Crippen LogP contribution >= 0.6 is 0 Å². The number of ketones is 1. The van der Waals surface area contributed by atoms with Gasteiger partial charge < -0.3 is 15.5 Å². The Hall–Kier alpha value is -2.94. The van der Waals surface area contributed by atoms with Crippen molar-refractivity contribution in [3.05, 3.63) is 70.8 Å². The van der Waals surface area contributed by atoms with Crippen LogP contribution in [0.4, 0.5) is 0 Å². The summed E-state index contributed by atoms with van der Waals surface area (Å²) < 4.78 is 0. The summed E-state index contributed by atoms with van der Waals surface area (Å²) in [4.78, 5) is 23.9. The molecule has 1 amide bonds. The van der Waals surface area contributed by atoms with E-state index in [1.165, 1.54) is 31.7 Å². The van der Waals surface area contributed by atoms with Gasteiger partial charge in [0, 0.05) is 16.7 Å². The first-order valence-electron chi connectivity index (χ1n) is 10.3. The van der Waals surface area contributed by atoms with Crippen LogP contribution in [0, 0.1) is 11.8 Å². The number of hydrogen-bond donors (Lipinski definition) is 3. The van der Waals surface area contributed by atoms with Gasteiger partial charge in [-0.2, -0.15) is 0 Å². The number of carbonyl (C=O) groups is 2. The van der Waals surface area contributed by atoms with E-state index in [0.717, 1.165) is 17.5 Å². The molecule has 0 radical (unpaired) electrons. The van der Waals surface area contributed by atoms with Crippen molar-refractivity contribution >= 4 is 11.7 Å². The molecule has 2 aromatic carbocycles. The lowest BCUT2D eigenvalue weighted by molar-refractivity contribution is -0.125. The third-order valence-corrected chi connectivity index (χ3v) is 4.79. The molecule has 2 aromatic rings. The van der Waals surface area contributed by atoms with Crippen LogP contribution in [0.3, 0.4) is 0 Å². The van der Waals surface area contributed by atoms with Crippen LogP contribution in [-0.2, 0) is 11.2 Å². The van der Waals surface area contributed by atoms with Gasteiger partial charge in [0.25, 0.3) is 5.91 Å². The van der Waals surface area contributed by atoms with Crippen molar-refractivity contribution < 1.29 is 19.8 Å². The number of rotatable bonds is 9. The van der Waals surface area contributed by atoms with Crippen LogP contribution in [0.2, 0.25) is 0 Å². The van der Waals surface area contributed by atoms with Crippen molar-refractivity contribution in [2.75, 3.05) is 6.61 Å². The summed E-state index contributed by atoms with van der Waals surface area (Å²) in [5.74, 6) is 5.05. The topological polar surface area (TPSA) is 86.6 Å². The summed E-state index contributed by atoms with van der Waals surface area (Å²) in [7, 11) is 0. The SMILES string of the molecule is CCCCCc1ccc(C#Cc2ccc(C(=O)N[C@H](C(=O)CO)[C@@H](C)O)cc2)cc1. The predicted molar refractivity (Wildman–Crippen MR) is 117 cm³/mol. The normalized spacial score (nSPS) is 12.4. The molecule has 0 heterocycles. The van der Waals surface area contributed by atoms with E-state index < -0.39 is 30.4 Å². The number of benzene rings is 2. The Labute approximate surface area is 178 Å². The molecule has 0 aliphatic heterocycles. The van der Waals surface area contributed by atoms with Gasteiger partial charge in [0.1, 0.15) is 12.6 Å². The van der Waals surface area contributed by atoms with Crippen LogP contribution in [0.15, 0.2) is 48.5 Å². The van der Waals surface area contributed by atoms with Gasteiger partial charge in [0.05, 0.1) is 6.10 Å². The van der Waals surface area contributed by atoms with E-state index in [4.69, 9.17) is 5.11 Å². The maximum absolute atomic E-state index is 12.3. The fraction of sp³-hybridized carbons (Fsp3) is 0.360. The second kappa shape index (κ2) is 11.9. The summed E-state index contributed by atoms with van der Waals surface area (Å²) in [6.45, 7) is 2.83. The molecule has 0 unspecified atom stereocenters. The number of nitrogens with one attached hydrogen (secondary N) is 1. The van der Waals surface area contributed by atoms with Crippen LogP contribution in [-0.4, -0.2) is 40.7 Å². The maximum atomic E-state index is 12.3. The monoisotopic (exact) mass is 407 g/mol. The molecule has 0 fully saturated rings. The molecule has 0 spiro atoms. The summed E-state index contributed by atoms with van der Waals surface area (Å²) in [5.41, 5.74) is 3.35. The van der Waals surface area contributed by atoms with Crippen LogP contribution in [0.25, 0.3) is 0 Å². The minimum atomic E-state index is -1.15. The molecule has 0 saturated carbocycles. The Balaban J connectivity index is 1.99. The number of hydrogen-bond acceptors (Lipinski definition) is 4. The summed E-state index contributed by atoms with van der Waals surface area (Å²) in [5, 5.41) is 21.1. The highest BCUT2D eigenvalue weighted by atomic mass is 16.3. The second-order valence-electron chi connectivity index (χ2n) is 7.30. The third kappa shape index (κ3) is 7.14. The van der Waals surface area contributed by atoms with E-state index >= 15 is 0 Å². The van der Waals surface area contributed by atoms with Gasteiger partial charge in [-0.25, -0.2) is 0 Å². The van der Waals surface area contributed by atoms with E-state index in [1.54, 1.807) is 24.3 Å². The summed E-state index contributed by atoms with van der Waals surface area (Å²) in [6, 6.07) is 13.8. The smallest absolute Gasteiger partial charge is 0.251 e. The summed E-state index contributed by atoms with van der Waals surface area (Å²) >= 11 is 0. The molecular weight excluding hydrogens is 378 g/mol. The Morgan fingerprint density at radius 2 is 1.53 bits per heavy atom. The standard InChI is InChI=1S/C25H29NO4/c1-3-4-5-6-19-7-9-20(10-8-19)11-12-21-13-15-22(16-14-21)25(30)26-24(18(2)28)23(29)17-27/h7-10,13-16,18,24,27-28H,3-6,17H2,1-2H3,(H,26,30)/t18-,24+/m1/s1. The first-order valence-corrected chi connectivity index (χ1v) is 10.3. The van der Waals surface area contributed by atoms with E-state index in [1.807, 2.05) is 12.1 Å². The zero-order valence-corrected chi connectivity index (χ0v) is 17.5. The molecule has 0 aromatic heterocycles. The minimum Gasteiger partial charge on any atom is -0.391 e. The highest BCUT2D eigenvalue weighted by molar-refractivity contribution is 5.98. The van der Waals surface area contributed by atoms with Crippen molar-refractivity contribution in [1.82, 2.24) is 5.32 Å². The molecule has 5 heteroatoms. The van der Waals surface area contributed by atoms with E-state index in [0.29, 0.717) is 5.56 Å². The van der Waals surface area contributed by atoms with E-state index in [9.17, 15) is 14.7 Å². The average Bonchev–Trinajstić information content (AvgIpc) is 2.76. The van der Waals surface area contributed by atoms with Crippen molar-refractivity contribution in [2.45, 2.75) is 51.7 Å². The number of aliphatic hydroxyl groups is 2. The molecule has 0 bridgehead atoms. The molecule has 0 saturated heterocycles. The fourth-order valence-corrected chi connectivity index (χ4v) is 2.98. The van der Waals surface area contributed by atoms with Gasteiger partial charge in [-0.15, -0.1) is 0 Å². The number of aryl methyl sites for hydroxylation is 1. The molecular formula is C25H29NO4. The molecule has 5 nitrogen and oxygen atoms in total. The van der Waals surface area contributed by atoms with Crippen molar-refractivity contribution in [3.63, 3.8) is 0 Å². The first-order chi connectivity index (χ1) is 14.4. The Bertz CT molecular complexity index is 889. The lowest BCUT2D eigenvalue weighted by Gasteiger charge is -2.19. The number of Topliss-reactive ketones (excluding diaryl/α,β-unsaturated/α-hetero) is 1. The maximum Gasteiger partial charge on any atom is 0.251 e. The lowest BCUT2D eigenvalue weighted by Crippen LogP contribution is -2.48. The zero-order chi connectivity index (χ0) is 21.9. The van der Waals surface area contributed by atoms with Gasteiger partial charge in [-0.3, -0.25) is 9.59 Å². The zero-order valence-electron chi connectivity index (χ0n) is 17.5. The second-order valence-corrected chi connectivity index (χ2v) is 7.30. The number of aliphatic hydroxyl groups excluding tert-OH is 2. The highest BCUT2D eigenvalue weighted by Gasteiger charge is 2.25. The van der Waals surface area contributed by atoms with Crippen LogP contribution in [0.1, 0.15) is 60.2 Å². The number of unbranched alkanes of at least 4 members (excludes halogenated alkanes) is 2. The highest BCUT2D eigenvalue weighted by Crippen LogP contribution is 2.09. The van der Waals surface area contributed by atoms with Crippen molar-refractivity contribution in [1.29, 1.82) is 0 Å². The summed E-state index contributed by atoms with van der Waals surface area (Å²) in [6.07, 6.45) is 3.65. The lowest BCUT2D eigenvalue weighted by atomic mass is 10.0. The third-order valence-electron chi connectivity index (χ3n) is 4.79. The molecule has 2 atom stereocenters. The van der Waals surface area contributed by atoms with Gasteiger partial charge in [-0.05, 0) is 61.7 Å². The quantitative estimate of drug-likeness (QED) is 0.441. The molecule has 3 N–H and O–H groups in total. The predicted octanol–water partition coefficient (Wildman–Crippen LogP) is 2.86. The first kappa shape index (κ1) is 23.3. The van der Waals surface area contributed by atoms with Crippen LogP contribution < -0.4 is 5.32 Å². The Kier molecular flexibility index (Phi) is 9.27. The molecule has 0 aliphatic carbocycles. The van der Waals surface area contributed by atoms with Gasteiger partial charge >= 0.3 is 0 Å². The van der Waals surface area contributed by atoms with Crippen molar-refractivity contribution in [3.8, 4) is 11.8 Å². The Morgan fingerprint density at radius 3 is 2.03 bits per heavy atom. The molecule has 30 heavy (non-hydrogen) atoms. The van der Waals surface area contributed by atoms with Crippen LogP contribution in [0.5, 0.6) is 0 Å². The Morgan fingerprint density at radius 1 is 0.967 bits per heavy atom. The molecule has 2 rings (SSSR count). The average molecular weight is 408 g/mol. The van der Waals surface area contributed by atoms with E-state index in [-0.39, 0.29) is 0 Å². The van der Waals surface area contributed by atoms with Crippen molar-refractivity contribution in [2.24, 2.45) is 0 Å². The van der Waals surface area contributed by atoms with E-state index in [2.05, 4.69) is 36.2 Å². The number of amides is 1. The number of carbonyl (C=O) groups excluding carboxylic acids is 2. The van der Waals surface area contributed by atoms with Gasteiger partial charge in [0.15, 0.2) is 5.78 Å². The largest absolute Gasteiger partial charge is 0.391 e. The molecule has 158 valence electrons. The minimum absolute atomic E-state index is 0.341. The van der Waals surface area contributed by atoms with Gasteiger partial charge in [0.2, 0.25) is 0 Å². The fourth-order valence-electron chi connectivity index (χ4n) is 2.98.